The van der Waals surface area contributed by atoms with E-state index in [0.717, 1.165) is 21.5 Å². The van der Waals surface area contributed by atoms with Gasteiger partial charge in [-0.1, -0.05) is 42.1 Å². The monoisotopic (exact) mass is 466 g/mol. The lowest BCUT2D eigenvalue weighted by molar-refractivity contribution is -0.117. The zero-order chi connectivity index (χ0) is 22.3. The van der Waals surface area contributed by atoms with Gasteiger partial charge in [0.15, 0.2) is 0 Å². The molecule has 166 valence electrons. The first-order chi connectivity index (χ1) is 15.6. The van der Waals surface area contributed by atoms with Crippen molar-refractivity contribution in [2.24, 2.45) is 0 Å². The maximum Gasteiger partial charge on any atom is 0.253 e. The fourth-order valence-corrected chi connectivity index (χ4v) is 5.31. The Hall–Kier alpha value is -2.68. The van der Waals surface area contributed by atoms with Crippen LogP contribution in [0.5, 0.6) is 0 Å². The van der Waals surface area contributed by atoms with Gasteiger partial charge in [-0.25, -0.2) is 4.98 Å². The minimum Gasteiger partial charge on any atom is -0.336 e. The number of hydrogen-bond donors (Lipinski definition) is 1. The smallest absolute Gasteiger partial charge is 0.253 e. The number of nitrogens with one attached hydrogen (secondary N) is 1. The Labute approximate surface area is 196 Å². The molecule has 32 heavy (non-hydrogen) atoms. The number of rotatable bonds is 7. The molecule has 1 fully saturated rings. The van der Waals surface area contributed by atoms with Crippen LogP contribution in [0.3, 0.4) is 0 Å². The van der Waals surface area contributed by atoms with Crippen LogP contribution in [0.2, 0.25) is 0 Å². The summed E-state index contributed by atoms with van der Waals surface area (Å²) in [5.74, 6) is 0.857. The van der Waals surface area contributed by atoms with E-state index in [0.29, 0.717) is 38.3 Å². The molecule has 0 aliphatic carbocycles. The van der Waals surface area contributed by atoms with Gasteiger partial charge in [-0.3, -0.25) is 14.5 Å². The van der Waals surface area contributed by atoms with Crippen molar-refractivity contribution in [1.29, 1.82) is 0 Å². The van der Waals surface area contributed by atoms with Gasteiger partial charge in [-0.2, -0.15) is 0 Å². The predicted octanol–water partition coefficient (Wildman–Crippen LogP) is 4.14. The number of aryl methyl sites for hydroxylation is 1. The van der Waals surface area contributed by atoms with Crippen LogP contribution in [0.25, 0.3) is 0 Å². The van der Waals surface area contributed by atoms with Crippen molar-refractivity contribution in [2.45, 2.75) is 17.0 Å². The summed E-state index contributed by atoms with van der Waals surface area (Å²) in [4.78, 5) is 33.6. The van der Waals surface area contributed by atoms with Gasteiger partial charge in [0, 0.05) is 54.3 Å². The molecular formula is C24H26N4O2S2. The summed E-state index contributed by atoms with van der Waals surface area (Å²) in [5.41, 5.74) is 3.73. The Balaban J connectivity index is 1.22. The summed E-state index contributed by atoms with van der Waals surface area (Å²) in [7, 11) is 0. The van der Waals surface area contributed by atoms with Crippen molar-refractivity contribution in [3.05, 3.63) is 76.8 Å². The first-order valence-electron chi connectivity index (χ1n) is 10.6. The molecule has 1 aromatic heterocycles. The first kappa shape index (κ1) is 22.5. The zero-order valence-electron chi connectivity index (χ0n) is 18.0. The quantitative estimate of drug-likeness (QED) is 0.530. The largest absolute Gasteiger partial charge is 0.336 e. The van der Waals surface area contributed by atoms with Crippen LogP contribution in [0.1, 0.15) is 21.6 Å². The van der Waals surface area contributed by atoms with E-state index in [9.17, 15) is 9.59 Å². The first-order valence-corrected chi connectivity index (χ1v) is 12.4. The molecular weight excluding hydrogens is 440 g/mol. The van der Waals surface area contributed by atoms with Gasteiger partial charge in [0.05, 0.1) is 6.54 Å². The van der Waals surface area contributed by atoms with Gasteiger partial charge in [-0.15, -0.1) is 11.3 Å². The van der Waals surface area contributed by atoms with Crippen LogP contribution >= 0.6 is 23.1 Å². The number of thiazole rings is 1. The Morgan fingerprint density at radius 1 is 1.03 bits per heavy atom. The van der Waals surface area contributed by atoms with Crippen molar-refractivity contribution < 1.29 is 9.59 Å². The van der Waals surface area contributed by atoms with Crippen molar-refractivity contribution in [3.8, 4) is 0 Å². The number of hydrogen-bond acceptors (Lipinski definition) is 6. The molecule has 4 rings (SSSR count). The average Bonchev–Trinajstić information content (AvgIpc) is 3.24. The van der Waals surface area contributed by atoms with E-state index in [1.807, 2.05) is 66.4 Å². The molecule has 0 spiro atoms. The van der Waals surface area contributed by atoms with Gasteiger partial charge in [0.2, 0.25) is 5.91 Å². The summed E-state index contributed by atoms with van der Waals surface area (Å²) >= 11 is 3.38. The average molecular weight is 467 g/mol. The minimum atomic E-state index is -0.0302. The topological polar surface area (TPSA) is 65.5 Å². The molecule has 6 nitrogen and oxygen atoms in total. The van der Waals surface area contributed by atoms with E-state index in [1.165, 1.54) is 5.56 Å². The highest BCUT2D eigenvalue weighted by Gasteiger charge is 2.23. The molecule has 0 bridgehead atoms. The minimum absolute atomic E-state index is 0.0302. The lowest BCUT2D eigenvalue weighted by Gasteiger charge is -2.34. The lowest BCUT2D eigenvalue weighted by Crippen LogP contribution is -2.50. The van der Waals surface area contributed by atoms with Crippen LogP contribution in [-0.4, -0.2) is 59.3 Å². The number of nitrogens with zero attached hydrogens (tertiary/aromatic N) is 3. The number of aromatic nitrogens is 1. The van der Waals surface area contributed by atoms with Crippen LogP contribution in [0.15, 0.2) is 64.3 Å². The van der Waals surface area contributed by atoms with Crippen molar-refractivity contribution in [1.82, 2.24) is 14.8 Å². The molecule has 2 heterocycles. The fourth-order valence-electron chi connectivity index (χ4n) is 3.50. The second kappa shape index (κ2) is 10.8. The Morgan fingerprint density at radius 3 is 2.41 bits per heavy atom. The van der Waals surface area contributed by atoms with E-state index in [4.69, 9.17) is 0 Å². The number of carbonyl (C=O) groups excluding carboxylic acids is 2. The van der Waals surface area contributed by atoms with E-state index in [1.54, 1.807) is 23.1 Å². The number of benzene rings is 2. The zero-order valence-corrected chi connectivity index (χ0v) is 19.6. The molecule has 1 aliphatic heterocycles. The molecule has 2 aromatic carbocycles. The number of thioether (sulfide) groups is 1. The third-order valence-corrected chi connectivity index (χ3v) is 7.46. The molecule has 0 saturated carbocycles. The maximum atomic E-state index is 12.9. The molecule has 1 saturated heterocycles. The van der Waals surface area contributed by atoms with Gasteiger partial charge >= 0.3 is 0 Å². The molecule has 1 aliphatic rings. The Morgan fingerprint density at radius 2 is 1.75 bits per heavy atom. The van der Waals surface area contributed by atoms with Gasteiger partial charge in [-0.05, 0) is 36.8 Å². The van der Waals surface area contributed by atoms with E-state index in [2.05, 4.69) is 20.6 Å². The number of para-hydroxylation sites is 1. The van der Waals surface area contributed by atoms with Crippen LogP contribution in [-0.2, 0) is 10.5 Å². The SMILES string of the molecule is Cc1csc(SCc2ccc(C(=O)N3CCN(CC(=O)Nc4ccccc4)CC3)cc2)n1. The number of anilines is 1. The van der Waals surface area contributed by atoms with Gasteiger partial charge in [0.25, 0.3) is 5.91 Å². The summed E-state index contributed by atoms with van der Waals surface area (Å²) < 4.78 is 1.07. The van der Waals surface area contributed by atoms with Crippen molar-refractivity contribution >= 4 is 40.6 Å². The third-order valence-electron chi connectivity index (χ3n) is 5.25. The number of carbonyl (C=O) groups is 2. The standard InChI is InChI=1S/C24H26N4O2S2/c1-18-16-31-24(25-18)32-17-19-7-9-20(10-8-19)23(30)28-13-11-27(12-14-28)15-22(29)26-21-5-3-2-4-6-21/h2-10,16H,11-15,17H2,1H3,(H,26,29). The Kier molecular flexibility index (Phi) is 7.57. The Bertz CT molecular complexity index is 1050. The van der Waals surface area contributed by atoms with Crippen LogP contribution in [0.4, 0.5) is 5.69 Å². The van der Waals surface area contributed by atoms with E-state index >= 15 is 0 Å². The normalized spacial score (nSPS) is 14.3. The number of piperazine rings is 1. The predicted molar refractivity (Wildman–Crippen MR) is 130 cm³/mol. The lowest BCUT2D eigenvalue weighted by atomic mass is 10.1. The summed E-state index contributed by atoms with van der Waals surface area (Å²) in [6.45, 7) is 4.96. The second-order valence-electron chi connectivity index (χ2n) is 7.72. The molecule has 0 radical (unpaired) electrons. The third kappa shape index (κ3) is 6.18. The fraction of sp³-hybridized carbons (Fsp3) is 0.292. The molecule has 0 unspecified atom stereocenters. The van der Waals surface area contributed by atoms with Crippen LogP contribution in [0, 0.1) is 6.92 Å². The number of amides is 2. The summed E-state index contributed by atoms with van der Waals surface area (Å²) in [6.07, 6.45) is 0. The van der Waals surface area contributed by atoms with Crippen molar-refractivity contribution in [3.63, 3.8) is 0 Å². The van der Waals surface area contributed by atoms with Gasteiger partial charge in [0.1, 0.15) is 4.34 Å². The van der Waals surface area contributed by atoms with Crippen LogP contribution < -0.4 is 5.32 Å². The highest BCUT2D eigenvalue weighted by Crippen LogP contribution is 2.26. The van der Waals surface area contributed by atoms with Gasteiger partial charge < -0.3 is 10.2 Å². The summed E-state index contributed by atoms with van der Waals surface area (Å²) in [5, 5.41) is 4.97. The highest BCUT2D eigenvalue weighted by atomic mass is 32.2. The van der Waals surface area contributed by atoms with E-state index < -0.39 is 0 Å². The molecule has 3 aromatic rings. The molecule has 2 amide bonds. The molecule has 0 atom stereocenters. The second-order valence-corrected chi connectivity index (χ2v) is 9.80. The van der Waals surface area contributed by atoms with E-state index in [-0.39, 0.29) is 11.8 Å². The maximum absolute atomic E-state index is 12.9. The molecule has 8 heteroatoms. The van der Waals surface area contributed by atoms with Crippen molar-refractivity contribution in [2.75, 3.05) is 38.0 Å². The highest BCUT2D eigenvalue weighted by molar-refractivity contribution is 8.00. The summed E-state index contributed by atoms with van der Waals surface area (Å²) in [6, 6.07) is 17.3. The molecule has 1 N–H and O–H groups in total.